The molecule has 1 aliphatic heterocycles. The molecule has 5 unspecified atom stereocenters. The first kappa shape index (κ1) is 14.3. The molecule has 0 aromatic rings. The molecule has 106 valence electrons. The van der Waals surface area contributed by atoms with E-state index in [2.05, 4.69) is 32.6 Å². The fourth-order valence-electron chi connectivity index (χ4n) is 4.22. The average molecular weight is 252 g/mol. The van der Waals surface area contributed by atoms with E-state index in [0.29, 0.717) is 18.0 Å². The minimum atomic E-state index is 0.414. The minimum Gasteiger partial charge on any atom is -0.327 e. The summed E-state index contributed by atoms with van der Waals surface area (Å²) in [5.41, 5.74) is 6.23. The molecule has 0 spiro atoms. The number of rotatable bonds is 2. The van der Waals surface area contributed by atoms with E-state index < -0.39 is 0 Å². The van der Waals surface area contributed by atoms with Gasteiger partial charge < -0.3 is 5.73 Å². The second-order valence-electron chi connectivity index (χ2n) is 7.05. The van der Waals surface area contributed by atoms with Crippen LogP contribution in [0.25, 0.3) is 0 Å². The maximum atomic E-state index is 6.23. The lowest BCUT2D eigenvalue weighted by Gasteiger charge is -2.50. The molecule has 1 saturated carbocycles. The second kappa shape index (κ2) is 5.92. The van der Waals surface area contributed by atoms with E-state index >= 15 is 0 Å². The zero-order chi connectivity index (χ0) is 13.3. The number of hydrogen-bond donors (Lipinski definition) is 1. The maximum absolute atomic E-state index is 6.23. The van der Waals surface area contributed by atoms with Gasteiger partial charge in [-0.1, -0.05) is 33.6 Å². The van der Waals surface area contributed by atoms with Gasteiger partial charge in [0.05, 0.1) is 0 Å². The molecule has 1 saturated heterocycles. The van der Waals surface area contributed by atoms with E-state index in [9.17, 15) is 0 Å². The molecular formula is C16H32N2. The predicted octanol–water partition coefficient (Wildman–Crippen LogP) is 3.26. The van der Waals surface area contributed by atoms with E-state index in [1.54, 1.807) is 0 Å². The predicted molar refractivity (Wildman–Crippen MR) is 78.5 cm³/mol. The van der Waals surface area contributed by atoms with Crippen LogP contribution in [-0.2, 0) is 0 Å². The largest absolute Gasteiger partial charge is 0.327 e. The Morgan fingerprint density at radius 1 is 1.06 bits per heavy atom. The molecule has 2 aliphatic rings. The molecule has 1 heterocycles. The van der Waals surface area contributed by atoms with Gasteiger partial charge in [0.25, 0.3) is 0 Å². The Bertz CT molecular complexity index is 264. The molecule has 18 heavy (non-hydrogen) atoms. The molecule has 2 N–H and O–H groups in total. The maximum Gasteiger partial charge on any atom is 0.0129 e. The summed E-state index contributed by atoms with van der Waals surface area (Å²) in [6.07, 6.45) is 6.90. The Balaban J connectivity index is 2.08. The summed E-state index contributed by atoms with van der Waals surface area (Å²) < 4.78 is 0. The molecule has 2 nitrogen and oxygen atoms in total. The highest BCUT2D eigenvalue weighted by molar-refractivity contribution is 4.94. The van der Waals surface area contributed by atoms with Crippen LogP contribution >= 0.6 is 0 Å². The SMILES string of the molecule is CC(C)C1CCCCC1N1CCC(N)C(C)C1C. The van der Waals surface area contributed by atoms with Crippen LogP contribution in [0.15, 0.2) is 0 Å². The smallest absolute Gasteiger partial charge is 0.0129 e. The summed E-state index contributed by atoms with van der Waals surface area (Å²) in [6.45, 7) is 10.8. The van der Waals surface area contributed by atoms with Gasteiger partial charge >= 0.3 is 0 Å². The van der Waals surface area contributed by atoms with Gasteiger partial charge in [-0.3, -0.25) is 4.90 Å². The van der Waals surface area contributed by atoms with Crippen molar-refractivity contribution in [1.82, 2.24) is 4.90 Å². The van der Waals surface area contributed by atoms with Crippen LogP contribution in [-0.4, -0.2) is 29.6 Å². The lowest BCUT2D eigenvalue weighted by atomic mass is 9.75. The standard InChI is InChI=1S/C16H32N2/c1-11(2)14-7-5-6-8-16(14)18-10-9-15(17)12(3)13(18)4/h11-16H,5-10,17H2,1-4H3. The first-order valence-corrected chi connectivity index (χ1v) is 8.03. The van der Waals surface area contributed by atoms with E-state index in [4.69, 9.17) is 5.73 Å². The van der Waals surface area contributed by atoms with Crippen molar-refractivity contribution >= 4 is 0 Å². The highest BCUT2D eigenvalue weighted by Crippen LogP contribution is 2.37. The average Bonchev–Trinajstić information content (AvgIpc) is 2.36. The normalized spacial score (nSPS) is 43.3. The van der Waals surface area contributed by atoms with Crippen LogP contribution in [0.4, 0.5) is 0 Å². The van der Waals surface area contributed by atoms with Crippen molar-refractivity contribution in [3.63, 3.8) is 0 Å². The quantitative estimate of drug-likeness (QED) is 0.817. The van der Waals surface area contributed by atoms with Gasteiger partial charge in [-0.2, -0.15) is 0 Å². The lowest BCUT2D eigenvalue weighted by Crippen LogP contribution is -2.57. The Morgan fingerprint density at radius 2 is 1.72 bits per heavy atom. The molecule has 0 radical (unpaired) electrons. The third-order valence-electron chi connectivity index (χ3n) is 5.74. The van der Waals surface area contributed by atoms with Crippen molar-refractivity contribution in [2.45, 2.75) is 77.9 Å². The number of likely N-dealkylation sites (tertiary alicyclic amines) is 1. The van der Waals surface area contributed by atoms with Crippen molar-refractivity contribution in [3.05, 3.63) is 0 Å². The molecule has 2 heteroatoms. The number of piperidine rings is 1. The summed E-state index contributed by atoms with van der Waals surface area (Å²) in [6, 6.07) is 1.90. The summed E-state index contributed by atoms with van der Waals surface area (Å²) in [4.78, 5) is 2.80. The van der Waals surface area contributed by atoms with Crippen molar-refractivity contribution in [2.24, 2.45) is 23.5 Å². The van der Waals surface area contributed by atoms with E-state index in [-0.39, 0.29) is 0 Å². The molecule has 1 aliphatic carbocycles. The van der Waals surface area contributed by atoms with E-state index in [0.717, 1.165) is 17.9 Å². The third-order valence-corrected chi connectivity index (χ3v) is 5.74. The first-order chi connectivity index (χ1) is 8.52. The first-order valence-electron chi connectivity index (χ1n) is 8.03. The van der Waals surface area contributed by atoms with Gasteiger partial charge in [0, 0.05) is 24.7 Å². The van der Waals surface area contributed by atoms with Crippen LogP contribution < -0.4 is 5.73 Å². The molecule has 0 amide bonds. The van der Waals surface area contributed by atoms with Crippen LogP contribution in [0.3, 0.4) is 0 Å². The molecule has 2 fully saturated rings. The van der Waals surface area contributed by atoms with Crippen molar-refractivity contribution in [1.29, 1.82) is 0 Å². The second-order valence-corrected chi connectivity index (χ2v) is 7.05. The van der Waals surface area contributed by atoms with Gasteiger partial charge in [-0.25, -0.2) is 0 Å². The van der Waals surface area contributed by atoms with Crippen molar-refractivity contribution in [2.75, 3.05) is 6.54 Å². The fraction of sp³-hybridized carbons (Fsp3) is 1.00. The van der Waals surface area contributed by atoms with Crippen LogP contribution in [0.1, 0.15) is 59.8 Å². The Labute approximate surface area is 113 Å². The molecular weight excluding hydrogens is 220 g/mol. The summed E-state index contributed by atoms with van der Waals surface area (Å²) in [5, 5.41) is 0. The van der Waals surface area contributed by atoms with E-state index in [1.807, 2.05) is 0 Å². The third kappa shape index (κ3) is 2.75. The Morgan fingerprint density at radius 3 is 2.39 bits per heavy atom. The van der Waals surface area contributed by atoms with Crippen molar-refractivity contribution in [3.8, 4) is 0 Å². The van der Waals surface area contributed by atoms with Gasteiger partial charge in [0.2, 0.25) is 0 Å². The van der Waals surface area contributed by atoms with Gasteiger partial charge in [0.15, 0.2) is 0 Å². The Hall–Kier alpha value is -0.0800. The topological polar surface area (TPSA) is 29.3 Å². The molecule has 2 rings (SSSR count). The molecule has 0 aromatic carbocycles. The van der Waals surface area contributed by atoms with Gasteiger partial charge in [-0.15, -0.1) is 0 Å². The summed E-state index contributed by atoms with van der Waals surface area (Å²) >= 11 is 0. The molecule has 0 aromatic heterocycles. The number of nitrogens with zero attached hydrogens (tertiary/aromatic N) is 1. The monoisotopic (exact) mass is 252 g/mol. The van der Waals surface area contributed by atoms with Crippen LogP contribution in [0, 0.1) is 17.8 Å². The zero-order valence-electron chi connectivity index (χ0n) is 12.7. The molecule has 0 bridgehead atoms. The fourth-order valence-corrected chi connectivity index (χ4v) is 4.22. The molecule has 5 atom stereocenters. The van der Waals surface area contributed by atoms with Gasteiger partial charge in [0.1, 0.15) is 0 Å². The Kier molecular flexibility index (Phi) is 4.71. The highest BCUT2D eigenvalue weighted by atomic mass is 15.2. The zero-order valence-corrected chi connectivity index (χ0v) is 12.7. The van der Waals surface area contributed by atoms with Crippen LogP contribution in [0.5, 0.6) is 0 Å². The number of hydrogen-bond acceptors (Lipinski definition) is 2. The van der Waals surface area contributed by atoms with Crippen molar-refractivity contribution < 1.29 is 0 Å². The minimum absolute atomic E-state index is 0.414. The number of nitrogens with two attached hydrogens (primary N) is 1. The summed E-state index contributed by atoms with van der Waals surface area (Å²) in [7, 11) is 0. The van der Waals surface area contributed by atoms with Crippen LogP contribution in [0.2, 0.25) is 0 Å². The van der Waals surface area contributed by atoms with Gasteiger partial charge in [-0.05, 0) is 43.9 Å². The highest BCUT2D eigenvalue weighted by Gasteiger charge is 2.38. The lowest BCUT2D eigenvalue weighted by molar-refractivity contribution is 0.00136. The summed E-state index contributed by atoms with van der Waals surface area (Å²) in [5.74, 6) is 2.38. The van der Waals surface area contributed by atoms with E-state index in [1.165, 1.54) is 38.6 Å².